The van der Waals surface area contributed by atoms with Crippen molar-refractivity contribution in [3.63, 3.8) is 0 Å². The Morgan fingerprint density at radius 2 is 1.74 bits per heavy atom. The van der Waals surface area contributed by atoms with Gasteiger partial charge in [-0.15, -0.1) is 0 Å². The zero-order valence-electron chi connectivity index (χ0n) is 12.2. The molecule has 2 rings (SSSR count). The Morgan fingerprint density at radius 3 is 2.21 bits per heavy atom. The summed E-state index contributed by atoms with van der Waals surface area (Å²) in [5, 5.41) is 10.5. The number of carbonyl (C=O) groups excluding carboxylic acids is 1. The smallest absolute Gasteiger partial charge is 0.242 e. The van der Waals surface area contributed by atoms with E-state index in [0.29, 0.717) is 32.5 Å². The lowest BCUT2D eigenvalue weighted by atomic mass is 9.89. The Hall–Kier alpha value is -0.650. The highest BCUT2D eigenvalue weighted by Gasteiger charge is 2.42. The number of aliphatic hydroxyl groups is 1. The molecule has 0 radical (unpaired) electrons. The molecule has 3 N–H and O–H groups in total. The van der Waals surface area contributed by atoms with E-state index in [1.807, 2.05) is 23.9 Å². The molecule has 1 saturated heterocycles. The zero-order chi connectivity index (χ0) is 14.1. The van der Waals surface area contributed by atoms with E-state index in [1.54, 1.807) is 0 Å². The first-order valence-corrected chi connectivity index (χ1v) is 7.30. The van der Waals surface area contributed by atoms with Crippen molar-refractivity contribution in [3.05, 3.63) is 0 Å². The lowest BCUT2D eigenvalue weighted by Crippen LogP contribution is -2.58. The molecule has 1 amide bonds. The van der Waals surface area contributed by atoms with Crippen LogP contribution in [0.1, 0.15) is 38.5 Å². The topological polar surface area (TPSA) is 69.8 Å². The van der Waals surface area contributed by atoms with Crippen molar-refractivity contribution in [2.24, 2.45) is 5.73 Å². The fraction of sp³-hybridized carbons (Fsp3) is 0.929. The molecular weight excluding hydrogens is 242 g/mol. The molecule has 0 aromatic rings. The Morgan fingerprint density at radius 1 is 1.21 bits per heavy atom. The Balaban J connectivity index is 1.91. The summed E-state index contributed by atoms with van der Waals surface area (Å²) in [7, 11) is 3.92. The van der Waals surface area contributed by atoms with Crippen molar-refractivity contribution in [1.82, 2.24) is 9.80 Å². The van der Waals surface area contributed by atoms with E-state index in [1.165, 1.54) is 0 Å². The Labute approximate surface area is 115 Å². The molecule has 0 bridgehead atoms. The second kappa shape index (κ2) is 5.38. The van der Waals surface area contributed by atoms with Crippen LogP contribution in [-0.4, -0.2) is 65.7 Å². The molecular formula is C14H27N3O2. The summed E-state index contributed by atoms with van der Waals surface area (Å²) in [5.74, 6) is 0.0944. The highest BCUT2D eigenvalue weighted by atomic mass is 16.3. The van der Waals surface area contributed by atoms with E-state index >= 15 is 0 Å². The van der Waals surface area contributed by atoms with Crippen LogP contribution < -0.4 is 5.73 Å². The molecule has 0 atom stereocenters. The van der Waals surface area contributed by atoms with Crippen molar-refractivity contribution in [1.29, 1.82) is 0 Å². The first-order chi connectivity index (χ1) is 8.85. The number of carbonyl (C=O) groups is 1. The van der Waals surface area contributed by atoms with Gasteiger partial charge in [0.2, 0.25) is 5.91 Å². The lowest BCUT2D eigenvalue weighted by Gasteiger charge is -2.41. The number of nitrogens with zero attached hydrogens (tertiary/aromatic N) is 2. The summed E-state index contributed by atoms with van der Waals surface area (Å²) in [6.07, 6.45) is 5.02. The van der Waals surface area contributed by atoms with Gasteiger partial charge in [0.1, 0.15) is 0 Å². The highest BCUT2D eigenvalue weighted by molar-refractivity contribution is 5.86. The second-order valence-corrected chi connectivity index (χ2v) is 6.62. The predicted octanol–water partition coefficient (Wildman–Crippen LogP) is 0.173. The number of rotatable bonds is 3. The number of amides is 1. The molecule has 0 unspecified atom stereocenters. The van der Waals surface area contributed by atoms with E-state index in [9.17, 15) is 9.90 Å². The zero-order valence-corrected chi connectivity index (χ0v) is 12.2. The van der Waals surface area contributed by atoms with Crippen LogP contribution >= 0.6 is 0 Å². The summed E-state index contributed by atoms with van der Waals surface area (Å²) in [6, 6.07) is 0. The highest BCUT2D eigenvalue weighted by Crippen LogP contribution is 2.31. The quantitative estimate of drug-likeness (QED) is 0.766. The van der Waals surface area contributed by atoms with Gasteiger partial charge in [-0.3, -0.25) is 4.79 Å². The second-order valence-electron chi connectivity index (χ2n) is 6.62. The van der Waals surface area contributed by atoms with Crippen molar-refractivity contribution < 1.29 is 9.90 Å². The maximum absolute atomic E-state index is 12.5. The van der Waals surface area contributed by atoms with E-state index in [0.717, 1.165) is 25.7 Å². The predicted molar refractivity (Wildman–Crippen MR) is 74.7 cm³/mol. The summed E-state index contributed by atoms with van der Waals surface area (Å²) in [4.78, 5) is 16.3. The average Bonchev–Trinajstić information content (AvgIpc) is 2.76. The molecule has 1 heterocycles. The minimum atomic E-state index is -0.655. The first kappa shape index (κ1) is 14.8. The molecule has 1 aliphatic heterocycles. The molecule has 5 heteroatoms. The number of likely N-dealkylation sites (N-methyl/N-ethyl adjacent to an activating group) is 1. The molecule has 1 aliphatic carbocycles. The van der Waals surface area contributed by atoms with Gasteiger partial charge in [0.05, 0.1) is 11.1 Å². The van der Waals surface area contributed by atoms with Gasteiger partial charge in [0, 0.05) is 19.6 Å². The van der Waals surface area contributed by atoms with Gasteiger partial charge in [0.15, 0.2) is 0 Å². The van der Waals surface area contributed by atoms with Crippen LogP contribution in [0.3, 0.4) is 0 Å². The van der Waals surface area contributed by atoms with Crippen molar-refractivity contribution in [2.75, 3.05) is 33.7 Å². The third kappa shape index (κ3) is 3.27. The molecule has 2 fully saturated rings. The summed E-state index contributed by atoms with van der Waals surface area (Å²) in [5.41, 5.74) is 4.94. The minimum Gasteiger partial charge on any atom is -0.388 e. The third-order valence-corrected chi connectivity index (χ3v) is 4.51. The van der Waals surface area contributed by atoms with Gasteiger partial charge in [-0.2, -0.15) is 0 Å². The standard InChI is InChI=1S/C14H27N3O2/c1-16(2)11-13(19)7-9-17(10-8-13)12(18)14(15)5-3-4-6-14/h19H,3-11,15H2,1-2H3. The monoisotopic (exact) mass is 269 g/mol. The molecule has 0 spiro atoms. The van der Waals surface area contributed by atoms with Crippen LogP contribution in [0.5, 0.6) is 0 Å². The van der Waals surface area contributed by atoms with Crippen LogP contribution in [0.25, 0.3) is 0 Å². The lowest BCUT2D eigenvalue weighted by molar-refractivity contribution is -0.141. The maximum atomic E-state index is 12.5. The summed E-state index contributed by atoms with van der Waals surface area (Å²) >= 11 is 0. The van der Waals surface area contributed by atoms with Crippen LogP contribution in [0.4, 0.5) is 0 Å². The van der Waals surface area contributed by atoms with Crippen molar-refractivity contribution in [2.45, 2.75) is 49.7 Å². The number of likely N-dealkylation sites (tertiary alicyclic amines) is 1. The minimum absolute atomic E-state index is 0.0944. The summed E-state index contributed by atoms with van der Waals surface area (Å²) in [6.45, 7) is 1.91. The number of nitrogens with two attached hydrogens (primary N) is 1. The van der Waals surface area contributed by atoms with Gasteiger partial charge in [-0.1, -0.05) is 12.8 Å². The van der Waals surface area contributed by atoms with E-state index in [2.05, 4.69) is 0 Å². The molecule has 2 aliphatic rings. The van der Waals surface area contributed by atoms with E-state index in [-0.39, 0.29) is 5.91 Å². The van der Waals surface area contributed by atoms with Gasteiger partial charge < -0.3 is 20.6 Å². The van der Waals surface area contributed by atoms with Crippen molar-refractivity contribution in [3.8, 4) is 0 Å². The maximum Gasteiger partial charge on any atom is 0.242 e. The molecule has 110 valence electrons. The Kier molecular flexibility index (Phi) is 4.18. The molecule has 19 heavy (non-hydrogen) atoms. The Bertz CT molecular complexity index is 330. The summed E-state index contributed by atoms with van der Waals surface area (Å²) < 4.78 is 0. The van der Waals surface area contributed by atoms with Crippen molar-refractivity contribution >= 4 is 5.91 Å². The first-order valence-electron chi connectivity index (χ1n) is 7.30. The largest absolute Gasteiger partial charge is 0.388 e. The van der Waals surface area contributed by atoms with Gasteiger partial charge in [-0.25, -0.2) is 0 Å². The molecule has 0 aromatic carbocycles. The van der Waals surface area contributed by atoms with Crippen LogP contribution in [0.2, 0.25) is 0 Å². The van der Waals surface area contributed by atoms with Gasteiger partial charge in [0.25, 0.3) is 0 Å². The SMILES string of the molecule is CN(C)CC1(O)CCN(C(=O)C2(N)CCCC2)CC1. The number of piperidine rings is 1. The van der Waals surface area contributed by atoms with Crippen LogP contribution in [0.15, 0.2) is 0 Å². The molecule has 0 aromatic heterocycles. The van der Waals surface area contributed by atoms with Crippen LogP contribution in [-0.2, 0) is 4.79 Å². The van der Waals surface area contributed by atoms with E-state index < -0.39 is 11.1 Å². The average molecular weight is 269 g/mol. The van der Waals surface area contributed by atoms with E-state index in [4.69, 9.17) is 5.73 Å². The van der Waals surface area contributed by atoms with Gasteiger partial charge >= 0.3 is 0 Å². The van der Waals surface area contributed by atoms with Gasteiger partial charge in [-0.05, 0) is 39.8 Å². The fourth-order valence-electron chi connectivity index (χ4n) is 3.41. The number of hydrogen-bond donors (Lipinski definition) is 2. The van der Waals surface area contributed by atoms with Crippen LogP contribution in [0, 0.1) is 0 Å². The molecule has 1 saturated carbocycles. The third-order valence-electron chi connectivity index (χ3n) is 4.51. The number of hydrogen-bond acceptors (Lipinski definition) is 4. The fourth-order valence-corrected chi connectivity index (χ4v) is 3.41. The molecule has 5 nitrogen and oxygen atoms in total. The normalized spacial score (nSPS) is 25.8.